The molecule has 0 bridgehead atoms. The van der Waals surface area contributed by atoms with Crippen LogP contribution in [0.25, 0.3) is 0 Å². The molecule has 0 spiro atoms. The molecule has 0 radical (unpaired) electrons. The van der Waals surface area contributed by atoms with Gasteiger partial charge in [0.1, 0.15) is 10.5 Å². The van der Waals surface area contributed by atoms with Crippen molar-refractivity contribution in [1.82, 2.24) is 0 Å². The Labute approximate surface area is 85.6 Å². The van der Waals surface area contributed by atoms with Gasteiger partial charge < -0.3 is 4.43 Å². The van der Waals surface area contributed by atoms with Crippen molar-refractivity contribution in [2.75, 3.05) is 0 Å². The zero-order valence-electron chi connectivity index (χ0n) is 8.53. The summed E-state index contributed by atoms with van der Waals surface area (Å²) in [5.74, 6) is 0. The van der Waals surface area contributed by atoms with Crippen molar-refractivity contribution in [2.45, 2.75) is 20.5 Å². The average Bonchev–Trinajstić information content (AvgIpc) is 2.11. The fourth-order valence-electron chi connectivity index (χ4n) is 1.30. The highest BCUT2D eigenvalue weighted by Gasteiger charge is 2.14. The van der Waals surface area contributed by atoms with E-state index in [0.29, 0.717) is 22.7 Å². The van der Waals surface area contributed by atoms with Gasteiger partial charge in [0.15, 0.2) is 0 Å². The zero-order chi connectivity index (χ0) is 10.7. The number of nitro groups is 1. The number of hydrogen-bond donors (Lipinski definition) is 0. The summed E-state index contributed by atoms with van der Waals surface area (Å²) in [7, 11) is 0.591. The summed E-state index contributed by atoms with van der Waals surface area (Å²) in [6.45, 7) is 4.15. The molecule has 76 valence electrons. The van der Waals surface area contributed by atoms with Gasteiger partial charge in [-0.25, -0.2) is 0 Å². The van der Waals surface area contributed by atoms with E-state index in [9.17, 15) is 10.1 Å². The molecule has 1 rings (SSSR count). The lowest BCUT2D eigenvalue weighted by atomic mass is 10.0. The predicted molar refractivity (Wildman–Crippen MR) is 57.3 cm³/mol. The standard InChI is InChI=1S/C9H13NO3Si/c1-6-3-8(5-13-14)9(10(11)12)4-7(6)2/h3-4H,5H2,1-2,14H3. The molecular weight excluding hydrogens is 198 g/mol. The highest BCUT2D eigenvalue weighted by atomic mass is 28.2. The quantitative estimate of drug-likeness (QED) is 0.426. The SMILES string of the molecule is Cc1cc(CO[SiH3])c([N+](=O)[O-])cc1C. The monoisotopic (exact) mass is 211 g/mol. The molecular formula is C9H13NO3Si. The van der Waals surface area contributed by atoms with Gasteiger partial charge in [-0.15, -0.1) is 0 Å². The summed E-state index contributed by atoms with van der Waals surface area (Å²) in [6, 6.07) is 3.43. The maximum atomic E-state index is 10.7. The Hall–Kier alpha value is -1.20. The van der Waals surface area contributed by atoms with E-state index in [1.807, 2.05) is 19.9 Å². The molecule has 0 amide bonds. The smallest absolute Gasteiger partial charge is 0.275 e. The number of hydrogen-bond acceptors (Lipinski definition) is 3. The molecule has 0 aliphatic rings. The van der Waals surface area contributed by atoms with Crippen molar-refractivity contribution in [3.63, 3.8) is 0 Å². The highest BCUT2D eigenvalue weighted by Crippen LogP contribution is 2.23. The van der Waals surface area contributed by atoms with Crippen LogP contribution in [-0.2, 0) is 11.0 Å². The third kappa shape index (κ3) is 2.18. The minimum Gasteiger partial charge on any atom is -0.423 e. The number of benzene rings is 1. The van der Waals surface area contributed by atoms with Crippen LogP contribution in [-0.4, -0.2) is 15.4 Å². The Morgan fingerprint density at radius 1 is 1.43 bits per heavy atom. The number of nitrogens with zero attached hydrogens (tertiary/aromatic N) is 1. The van der Waals surface area contributed by atoms with Crippen LogP contribution < -0.4 is 0 Å². The molecule has 14 heavy (non-hydrogen) atoms. The van der Waals surface area contributed by atoms with E-state index in [2.05, 4.69) is 0 Å². The summed E-state index contributed by atoms with van der Waals surface area (Å²) < 4.78 is 5.05. The summed E-state index contributed by atoms with van der Waals surface area (Å²) in [4.78, 5) is 10.4. The van der Waals surface area contributed by atoms with E-state index in [1.54, 1.807) is 6.07 Å². The summed E-state index contributed by atoms with van der Waals surface area (Å²) in [5, 5.41) is 10.7. The van der Waals surface area contributed by atoms with E-state index in [4.69, 9.17) is 4.43 Å². The van der Waals surface area contributed by atoms with Gasteiger partial charge in [0.2, 0.25) is 0 Å². The lowest BCUT2D eigenvalue weighted by Crippen LogP contribution is -1.99. The first kappa shape index (κ1) is 10.9. The van der Waals surface area contributed by atoms with E-state index in [1.165, 1.54) is 0 Å². The largest absolute Gasteiger partial charge is 0.423 e. The first-order chi connectivity index (χ1) is 6.56. The number of aryl methyl sites for hydroxylation is 2. The Balaban J connectivity index is 3.24. The molecule has 0 aliphatic carbocycles. The van der Waals surface area contributed by atoms with Gasteiger partial charge in [-0.3, -0.25) is 10.1 Å². The van der Waals surface area contributed by atoms with E-state index in [-0.39, 0.29) is 10.6 Å². The van der Waals surface area contributed by atoms with Gasteiger partial charge >= 0.3 is 0 Å². The Morgan fingerprint density at radius 2 is 2.00 bits per heavy atom. The Bertz CT molecular complexity index is 365. The first-order valence-electron chi connectivity index (χ1n) is 4.29. The van der Waals surface area contributed by atoms with Crippen molar-refractivity contribution in [1.29, 1.82) is 0 Å². The second-order valence-electron chi connectivity index (χ2n) is 3.26. The van der Waals surface area contributed by atoms with Crippen LogP contribution in [0.5, 0.6) is 0 Å². The van der Waals surface area contributed by atoms with E-state index >= 15 is 0 Å². The predicted octanol–water partition coefficient (Wildman–Crippen LogP) is 1.01. The molecule has 0 atom stereocenters. The van der Waals surface area contributed by atoms with Crippen LogP contribution in [0.1, 0.15) is 16.7 Å². The molecule has 0 saturated carbocycles. The fourth-order valence-corrected chi connectivity index (χ4v) is 1.61. The van der Waals surface area contributed by atoms with E-state index in [0.717, 1.165) is 11.1 Å². The maximum absolute atomic E-state index is 10.7. The van der Waals surface area contributed by atoms with Gasteiger partial charge in [-0.2, -0.15) is 0 Å². The van der Waals surface area contributed by atoms with Crippen LogP contribution in [0.15, 0.2) is 12.1 Å². The van der Waals surface area contributed by atoms with E-state index < -0.39 is 0 Å². The fraction of sp³-hybridized carbons (Fsp3) is 0.333. The zero-order valence-corrected chi connectivity index (χ0v) is 10.5. The number of nitro benzene ring substituents is 1. The molecule has 0 heterocycles. The van der Waals surface area contributed by atoms with Gasteiger partial charge in [-0.05, 0) is 31.0 Å². The molecule has 4 nitrogen and oxygen atoms in total. The molecule has 0 aromatic heterocycles. The Morgan fingerprint density at radius 3 is 2.50 bits per heavy atom. The summed E-state index contributed by atoms with van der Waals surface area (Å²) in [6.07, 6.45) is 0. The van der Waals surface area contributed by atoms with Crippen LogP contribution >= 0.6 is 0 Å². The molecule has 0 aliphatic heterocycles. The van der Waals surface area contributed by atoms with Crippen molar-refractivity contribution >= 4 is 16.2 Å². The molecule has 0 saturated heterocycles. The normalized spacial score (nSPS) is 10.4. The first-order valence-corrected chi connectivity index (χ1v) is 5.11. The lowest BCUT2D eigenvalue weighted by Gasteiger charge is -2.05. The topological polar surface area (TPSA) is 52.4 Å². The number of rotatable bonds is 3. The van der Waals surface area contributed by atoms with Crippen molar-refractivity contribution in [2.24, 2.45) is 0 Å². The molecule has 1 aromatic rings. The minimum absolute atomic E-state index is 0.156. The maximum Gasteiger partial charge on any atom is 0.275 e. The third-order valence-electron chi connectivity index (χ3n) is 2.19. The van der Waals surface area contributed by atoms with Crippen LogP contribution in [0.4, 0.5) is 5.69 Å². The molecule has 0 N–H and O–H groups in total. The Kier molecular flexibility index (Phi) is 3.37. The highest BCUT2D eigenvalue weighted by molar-refractivity contribution is 5.97. The molecule has 0 unspecified atom stereocenters. The molecule has 1 aromatic carbocycles. The second-order valence-corrected chi connectivity index (χ2v) is 3.83. The van der Waals surface area contributed by atoms with Gasteiger partial charge in [0.05, 0.1) is 17.1 Å². The van der Waals surface area contributed by atoms with Gasteiger partial charge in [0.25, 0.3) is 5.69 Å². The lowest BCUT2D eigenvalue weighted by molar-refractivity contribution is -0.385. The van der Waals surface area contributed by atoms with Crippen molar-refractivity contribution < 1.29 is 9.35 Å². The average molecular weight is 211 g/mol. The third-order valence-corrected chi connectivity index (χ3v) is 2.48. The van der Waals surface area contributed by atoms with Crippen LogP contribution in [0, 0.1) is 24.0 Å². The van der Waals surface area contributed by atoms with Gasteiger partial charge in [-0.1, -0.05) is 0 Å². The second kappa shape index (κ2) is 4.34. The van der Waals surface area contributed by atoms with Crippen molar-refractivity contribution in [3.8, 4) is 0 Å². The summed E-state index contributed by atoms with van der Waals surface area (Å²) >= 11 is 0. The van der Waals surface area contributed by atoms with Crippen molar-refractivity contribution in [3.05, 3.63) is 38.9 Å². The molecule has 5 heteroatoms. The van der Waals surface area contributed by atoms with Crippen LogP contribution in [0.2, 0.25) is 0 Å². The summed E-state index contributed by atoms with van der Waals surface area (Å²) in [5.41, 5.74) is 2.81. The van der Waals surface area contributed by atoms with Gasteiger partial charge in [0, 0.05) is 6.07 Å². The minimum atomic E-state index is -0.359. The van der Waals surface area contributed by atoms with Crippen LogP contribution in [0.3, 0.4) is 0 Å². The molecule has 0 fully saturated rings.